The zero-order valence-electron chi connectivity index (χ0n) is 8.68. The number of hydrogen-bond acceptors (Lipinski definition) is 0. The molecule has 0 saturated carbocycles. The number of rotatable bonds is 0. The summed E-state index contributed by atoms with van der Waals surface area (Å²) in [4.78, 5) is 0. The minimum atomic E-state index is 0. The summed E-state index contributed by atoms with van der Waals surface area (Å²) in [7, 11) is 0. The quantitative estimate of drug-likeness (QED) is 0.474. The molecule has 0 spiro atoms. The van der Waals surface area contributed by atoms with Gasteiger partial charge in [0.05, 0.1) is 0 Å². The molecule has 1 aliphatic rings. The monoisotopic (exact) mass is 329 g/mol. The van der Waals surface area contributed by atoms with Crippen LogP contribution in [-0.2, 0) is 16.8 Å². The molecule has 0 heterocycles. The maximum atomic E-state index is 2.99. The molecule has 0 amide bonds. The van der Waals surface area contributed by atoms with Crippen molar-refractivity contribution in [1.29, 1.82) is 0 Å². The molecule has 0 bridgehead atoms. The molecular weight excluding hydrogens is 307 g/mol. The first-order chi connectivity index (χ1) is 2.50. The normalized spacial score (nSPS) is 7.33. The van der Waals surface area contributed by atoms with Gasteiger partial charge in [0, 0.05) is 40.4 Å². The summed E-state index contributed by atoms with van der Waals surface area (Å²) in [5.74, 6) is 0. The third-order valence-electron chi connectivity index (χ3n) is 0.586. The van der Waals surface area contributed by atoms with E-state index in [2.05, 4.69) is 12.2 Å². The van der Waals surface area contributed by atoms with Crippen molar-refractivity contribution in [2.24, 2.45) is 0 Å². The fourth-order valence-electron chi connectivity index (χ4n) is 0.340. The summed E-state index contributed by atoms with van der Waals surface area (Å²) >= 11 is 0. The van der Waals surface area contributed by atoms with Crippen molar-refractivity contribution < 1.29 is 16.8 Å². The van der Waals surface area contributed by atoms with Gasteiger partial charge in [-0.25, -0.2) is 12.2 Å². The zero-order chi connectivity index (χ0) is 3.54. The molecule has 0 fully saturated rings. The molecule has 81 valence electrons. The van der Waals surface area contributed by atoms with Crippen LogP contribution in [0.3, 0.4) is 0 Å². The number of allylic oxidation sites excluding steroid dienone is 4. The van der Waals surface area contributed by atoms with Crippen LogP contribution >= 0.6 is 0 Å². The van der Waals surface area contributed by atoms with Gasteiger partial charge in [0.25, 0.3) is 0 Å². The first-order valence-corrected chi connectivity index (χ1v) is 1.72. The van der Waals surface area contributed by atoms with E-state index >= 15 is 0 Å². The minimum absolute atomic E-state index is 0. The van der Waals surface area contributed by atoms with Crippen molar-refractivity contribution in [3.05, 3.63) is 61.4 Å². The fourth-order valence-corrected chi connectivity index (χ4v) is 0.340. The van der Waals surface area contributed by atoms with Crippen LogP contribution in [0.1, 0.15) is 6.42 Å². The smallest absolute Gasteiger partial charge is 0 e. The predicted octanol–water partition coefficient (Wildman–Crippen LogP) is 3.17. The first-order valence-electron chi connectivity index (χ1n) is 1.72. The van der Waals surface area contributed by atoms with Crippen molar-refractivity contribution in [2.45, 2.75) is 6.42 Å². The molecule has 0 nitrogen and oxygen atoms in total. The standard InChI is InChI=1S/C5H5.5CH3.Co.Te/c1-2-4-5-3-1;;;;;;;/h1-3H,4H2;5*1H3;;/q6*-1;;. The summed E-state index contributed by atoms with van der Waals surface area (Å²) in [6.45, 7) is 0. The van der Waals surface area contributed by atoms with Gasteiger partial charge in [-0.2, -0.15) is 6.08 Å². The van der Waals surface area contributed by atoms with Gasteiger partial charge in [-0.05, 0) is 0 Å². The Balaban J connectivity index is -0.00000000714. The summed E-state index contributed by atoms with van der Waals surface area (Å²) in [6.07, 6.45) is 10.0. The van der Waals surface area contributed by atoms with E-state index in [1.165, 1.54) is 0 Å². The van der Waals surface area contributed by atoms with E-state index < -0.39 is 0 Å². The van der Waals surface area contributed by atoms with Crippen LogP contribution in [0, 0.1) is 43.2 Å². The van der Waals surface area contributed by atoms with Crippen LogP contribution in [0.25, 0.3) is 0 Å². The Morgan fingerprint density at radius 1 is 0.917 bits per heavy atom. The van der Waals surface area contributed by atoms with Crippen LogP contribution in [-0.4, -0.2) is 23.7 Å². The van der Waals surface area contributed by atoms with Crippen molar-refractivity contribution in [2.75, 3.05) is 0 Å². The van der Waals surface area contributed by atoms with Gasteiger partial charge in [0.15, 0.2) is 0 Å². The van der Waals surface area contributed by atoms with Crippen molar-refractivity contribution in [3.8, 4) is 0 Å². The molecule has 0 aromatic carbocycles. The van der Waals surface area contributed by atoms with Crippen LogP contribution in [0.4, 0.5) is 0 Å². The van der Waals surface area contributed by atoms with Crippen LogP contribution in [0.2, 0.25) is 0 Å². The Hall–Kier alpha value is 0.776. The van der Waals surface area contributed by atoms with E-state index in [0.717, 1.165) is 6.42 Å². The molecular formula is C10H20CoTe-6. The molecule has 2 heteroatoms. The van der Waals surface area contributed by atoms with Gasteiger partial charge >= 0.3 is 0 Å². The summed E-state index contributed by atoms with van der Waals surface area (Å²) in [6, 6.07) is 0. The second kappa shape index (κ2) is 41.0. The van der Waals surface area contributed by atoms with Gasteiger partial charge < -0.3 is 37.1 Å². The van der Waals surface area contributed by atoms with E-state index in [1.807, 2.05) is 12.2 Å². The molecule has 3 radical (unpaired) electrons. The van der Waals surface area contributed by atoms with Gasteiger partial charge in [-0.15, -0.1) is 6.42 Å². The molecule has 0 aromatic rings. The molecule has 0 atom stereocenters. The Bertz CT molecular complexity index is 67.9. The Morgan fingerprint density at radius 3 is 1.42 bits per heavy atom. The minimum Gasteiger partial charge on any atom is -0.358 e. The van der Waals surface area contributed by atoms with Crippen molar-refractivity contribution in [3.63, 3.8) is 0 Å². The van der Waals surface area contributed by atoms with Crippen LogP contribution in [0.15, 0.2) is 18.2 Å². The second-order valence-corrected chi connectivity index (χ2v) is 1.00. The van der Waals surface area contributed by atoms with E-state index in [9.17, 15) is 0 Å². The summed E-state index contributed by atoms with van der Waals surface area (Å²) in [5, 5.41) is 0. The van der Waals surface area contributed by atoms with E-state index in [4.69, 9.17) is 0 Å². The van der Waals surface area contributed by atoms with Gasteiger partial charge in [-0.1, -0.05) is 0 Å². The molecule has 0 aromatic heterocycles. The molecule has 0 N–H and O–H groups in total. The Kier molecular flexibility index (Phi) is 181. The van der Waals surface area contributed by atoms with Crippen LogP contribution in [0.5, 0.6) is 0 Å². The second-order valence-electron chi connectivity index (χ2n) is 1.00. The maximum absolute atomic E-state index is 2.99. The molecule has 0 saturated heterocycles. The van der Waals surface area contributed by atoms with E-state index in [1.54, 1.807) is 0 Å². The SMILES string of the molecule is [C-]1=CC=CC1.[CH3-].[CH3-].[CH3-].[CH3-].[CH3-].[Co].[Te]. The average molecular weight is 327 g/mol. The van der Waals surface area contributed by atoms with Crippen molar-refractivity contribution >= 4 is 23.7 Å². The van der Waals surface area contributed by atoms with E-state index in [-0.39, 0.29) is 77.6 Å². The van der Waals surface area contributed by atoms with Gasteiger partial charge in [0.2, 0.25) is 0 Å². The molecule has 0 unspecified atom stereocenters. The third-order valence-corrected chi connectivity index (χ3v) is 0.586. The fraction of sp³-hybridized carbons (Fsp3) is 0.100. The van der Waals surface area contributed by atoms with E-state index in [0.29, 0.717) is 0 Å². The first kappa shape index (κ1) is 53.1. The largest absolute Gasteiger partial charge is 0.358 e. The predicted molar refractivity (Wildman–Crippen MR) is 59.4 cm³/mol. The molecule has 0 aliphatic heterocycles. The third kappa shape index (κ3) is 30.9. The maximum Gasteiger partial charge on any atom is 0 e. The Labute approximate surface area is 108 Å². The van der Waals surface area contributed by atoms with Gasteiger partial charge in [0.1, 0.15) is 0 Å². The van der Waals surface area contributed by atoms with Crippen molar-refractivity contribution in [1.82, 2.24) is 0 Å². The van der Waals surface area contributed by atoms with Gasteiger partial charge in [-0.3, -0.25) is 6.08 Å². The molecule has 1 aliphatic carbocycles. The summed E-state index contributed by atoms with van der Waals surface area (Å²) < 4.78 is 0. The molecule has 12 heavy (non-hydrogen) atoms. The Morgan fingerprint density at radius 2 is 1.33 bits per heavy atom. The zero-order valence-corrected chi connectivity index (χ0v) is 12.1. The topological polar surface area (TPSA) is 0 Å². The number of hydrogen-bond donors (Lipinski definition) is 0. The average Bonchev–Trinajstić information content (AvgIpc) is 1.76. The summed E-state index contributed by atoms with van der Waals surface area (Å²) in [5.41, 5.74) is 0. The van der Waals surface area contributed by atoms with Crippen LogP contribution < -0.4 is 0 Å². The molecule has 1 rings (SSSR count).